The fourth-order valence-corrected chi connectivity index (χ4v) is 13.9. The largest absolute Gasteiger partial charge is 0.496 e. The molecule has 7 heterocycles. The zero-order chi connectivity index (χ0) is 53.7. The predicted octanol–water partition coefficient (Wildman–Crippen LogP) is 2.90. The lowest BCUT2D eigenvalue weighted by Gasteiger charge is -2.63. The van der Waals surface area contributed by atoms with Crippen LogP contribution in [0.1, 0.15) is 85.7 Å². The summed E-state index contributed by atoms with van der Waals surface area (Å²) in [5, 5.41) is 46.9. The van der Waals surface area contributed by atoms with Gasteiger partial charge in [-0.05, 0) is 81.2 Å². The Balaban J connectivity index is 0.000000324. The van der Waals surface area contributed by atoms with Gasteiger partial charge in [-0.25, -0.2) is 9.78 Å². The number of nitrogens with one attached hydrogen (secondary N) is 2. The molecule has 2 bridgehead atoms. The molecule has 2 aromatic carbocycles. The van der Waals surface area contributed by atoms with Crippen molar-refractivity contribution in [2.45, 2.75) is 99.5 Å². The third-order valence-corrected chi connectivity index (χ3v) is 16.7. The summed E-state index contributed by atoms with van der Waals surface area (Å²) in [6.45, 7) is 9.45. The first-order valence-corrected chi connectivity index (χ1v) is 25.2. The number of benzene rings is 2. The Morgan fingerprint density at radius 1 is 0.986 bits per heavy atom. The first-order chi connectivity index (χ1) is 35.2. The van der Waals surface area contributed by atoms with Crippen molar-refractivity contribution in [2.24, 2.45) is 38.9 Å². The molecule has 6 aliphatic rings. The molecule has 1 spiro atoms. The first-order valence-electron chi connectivity index (χ1n) is 25.2. The van der Waals surface area contributed by atoms with Crippen LogP contribution in [0.3, 0.4) is 0 Å². The number of fused-ring (bicyclic) bond motifs is 6. The maximum atomic E-state index is 15.2. The van der Waals surface area contributed by atoms with Gasteiger partial charge in [0.15, 0.2) is 17.1 Å². The number of nitrogens with zero attached hydrogens (tertiary/aromatic N) is 7. The van der Waals surface area contributed by atoms with E-state index in [1.165, 1.54) is 18.4 Å². The summed E-state index contributed by atoms with van der Waals surface area (Å²) in [6, 6.07) is 11.0. The summed E-state index contributed by atoms with van der Waals surface area (Å²) >= 11 is 0. The van der Waals surface area contributed by atoms with Gasteiger partial charge in [-0.1, -0.05) is 49.4 Å². The van der Waals surface area contributed by atoms with Crippen LogP contribution in [-0.4, -0.2) is 173 Å². The van der Waals surface area contributed by atoms with Gasteiger partial charge in [-0.3, -0.25) is 29.2 Å². The lowest BCUT2D eigenvalue weighted by Crippen LogP contribution is -2.81. The Hall–Kier alpha value is -6.59. The highest BCUT2D eigenvalue weighted by Gasteiger charge is 2.78. The summed E-state index contributed by atoms with van der Waals surface area (Å²) in [7, 11) is 8.32. The van der Waals surface area contributed by atoms with Gasteiger partial charge >= 0.3 is 12.1 Å². The number of aromatic amines is 2. The molecule has 11 N–H and O–H groups in total. The number of imidazole rings is 1. The van der Waals surface area contributed by atoms with E-state index in [9.17, 15) is 29.7 Å². The van der Waals surface area contributed by atoms with Crippen LogP contribution in [0.5, 0.6) is 5.75 Å². The second-order valence-corrected chi connectivity index (χ2v) is 20.7. The number of aliphatic hydroxyl groups is 3. The van der Waals surface area contributed by atoms with Gasteiger partial charge in [0.1, 0.15) is 17.3 Å². The Bertz CT molecular complexity index is 2850. The zero-order valence-electron chi connectivity index (χ0n) is 43.6. The summed E-state index contributed by atoms with van der Waals surface area (Å²) in [5.74, 6) is -1.37. The predicted molar refractivity (Wildman–Crippen MR) is 275 cm³/mol. The number of rotatable bonds is 10. The Kier molecular flexibility index (Phi) is 14.7. The monoisotopic (exact) mass is 1020 g/mol. The number of carbonyl (C=O) groups excluding carboxylic acids is 4. The molecule has 1 saturated carbocycles. The number of amides is 3. The van der Waals surface area contributed by atoms with Gasteiger partial charge in [0, 0.05) is 98.1 Å². The van der Waals surface area contributed by atoms with Crippen LogP contribution < -0.4 is 26.8 Å². The molecule has 2 aromatic heterocycles. The minimum Gasteiger partial charge on any atom is -0.496 e. The maximum Gasteiger partial charge on any atom is 0.404 e. The number of para-hydroxylation sites is 1. The van der Waals surface area contributed by atoms with Crippen LogP contribution in [0.25, 0.3) is 10.9 Å². The van der Waals surface area contributed by atoms with E-state index in [0.717, 1.165) is 46.5 Å². The smallest absolute Gasteiger partial charge is 0.404 e. The molecule has 0 radical (unpaired) electrons. The third-order valence-electron chi connectivity index (χ3n) is 16.7. The molecular formula is C52H72N12O10. The molecule has 10 atom stereocenters. The highest BCUT2D eigenvalue weighted by molar-refractivity contribution is 5.96. The molecule has 74 heavy (non-hydrogen) atoms. The van der Waals surface area contributed by atoms with E-state index in [0.29, 0.717) is 76.1 Å². The minimum absolute atomic E-state index is 0.0790. The van der Waals surface area contributed by atoms with E-state index in [-0.39, 0.29) is 23.5 Å². The molecule has 400 valence electrons. The number of ether oxygens (including phenoxy) is 3. The lowest BCUT2D eigenvalue weighted by molar-refractivity contribution is -0.201. The van der Waals surface area contributed by atoms with Crippen LogP contribution in [0, 0.1) is 11.3 Å². The van der Waals surface area contributed by atoms with Gasteiger partial charge in [0.25, 0.3) is 11.8 Å². The van der Waals surface area contributed by atoms with Crippen LogP contribution in [0.4, 0.5) is 16.3 Å². The molecular weight excluding hydrogens is 953 g/mol. The number of aromatic nitrogens is 3. The first kappa shape index (κ1) is 53.7. The minimum atomic E-state index is -2.30. The van der Waals surface area contributed by atoms with Gasteiger partial charge in [0.05, 0.1) is 38.8 Å². The van der Waals surface area contributed by atoms with Crippen molar-refractivity contribution in [1.82, 2.24) is 29.8 Å². The second-order valence-electron chi connectivity index (χ2n) is 20.7. The summed E-state index contributed by atoms with van der Waals surface area (Å²) < 4.78 is 16.4. The van der Waals surface area contributed by atoms with E-state index in [2.05, 4.69) is 57.7 Å². The lowest BCUT2D eigenvalue weighted by atomic mass is 9.47. The molecule has 22 heteroatoms. The SMILES string of the molecule is CCOC(N)=O.CC[C@]1(O)C[C@H]2CN(CCc3c([nH]c4ccccc34)[C@@](C(=O)OC)(c3cc4c(cc3OC)N(C)[C@H]3[C@@](O)(C(N)=O)[C@H](O)[C@]5(CC)C=CCN6CC[C@]43[C@@H]65)C2)C1.CN(C)/N=N/c1[nH]cnc1C(N)=O. The standard InChI is InChI=1S/C43H55N5O7.C6H10N6O.C3H7NO2/c1-6-39(52)21-25-22-42(38(51)55-5,33-27(13-17-47(23-25)24-39)26-11-8-9-12-30(26)45-33)29-19-28-31(20-32(29)54-4)46(3)35-41(28)15-18-48-16-10-14-40(7-2,34(41)48)36(49)43(35,53)37(44)50;1-12(2)11-10-6-4(5(7)13)8-3-9-6;1-2-6-3(4)5/h8-12,14,19-20,25,34-36,45,49,52-53H,6-7,13,15-18,21-24H2,1-5H3,(H2,44,50);3H,1-2H3,(H2,7,13)(H,8,9);2H2,1H3,(H2,4,5)/b;11-10+;/t25-,34+,35-,36-,39+,40-,41-,42+,43+;;/m1../s1. The second kappa shape index (κ2) is 20.3. The van der Waals surface area contributed by atoms with Crippen molar-refractivity contribution in [3.8, 4) is 5.75 Å². The topological polar surface area (TPSA) is 317 Å². The van der Waals surface area contributed by atoms with Crippen molar-refractivity contribution < 1.29 is 48.7 Å². The summed E-state index contributed by atoms with van der Waals surface area (Å²) in [5.41, 5.74) is 14.4. The number of carbonyl (C=O) groups is 4. The molecule has 3 fully saturated rings. The normalized spacial score (nSPS) is 31.4. The van der Waals surface area contributed by atoms with Crippen molar-refractivity contribution in [2.75, 3.05) is 79.6 Å². The Morgan fingerprint density at radius 2 is 1.73 bits per heavy atom. The molecule has 3 amide bonds. The highest BCUT2D eigenvalue weighted by atomic mass is 16.5. The van der Waals surface area contributed by atoms with Crippen LogP contribution >= 0.6 is 0 Å². The van der Waals surface area contributed by atoms with Crippen molar-refractivity contribution in [1.29, 1.82) is 0 Å². The highest BCUT2D eigenvalue weighted by Crippen LogP contribution is 2.67. The van der Waals surface area contributed by atoms with Crippen LogP contribution in [0.2, 0.25) is 0 Å². The third kappa shape index (κ3) is 8.43. The van der Waals surface area contributed by atoms with Gasteiger partial charge < -0.3 is 61.6 Å². The van der Waals surface area contributed by atoms with Gasteiger partial charge in [-0.2, -0.15) is 0 Å². The van der Waals surface area contributed by atoms with Gasteiger partial charge in [0.2, 0.25) is 0 Å². The molecule has 5 aliphatic heterocycles. The van der Waals surface area contributed by atoms with Crippen molar-refractivity contribution in [3.05, 3.63) is 83.0 Å². The summed E-state index contributed by atoms with van der Waals surface area (Å²) in [6.07, 6.45) is 6.41. The van der Waals surface area contributed by atoms with Crippen molar-refractivity contribution >= 4 is 46.3 Å². The summed E-state index contributed by atoms with van der Waals surface area (Å²) in [4.78, 5) is 65.9. The number of hydrogen-bond donors (Lipinski definition) is 8. The number of primary amides is 3. The van der Waals surface area contributed by atoms with E-state index >= 15 is 4.79 Å². The molecule has 1 unspecified atom stereocenters. The number of esters is 1. The number of anilines is 1. The molecule has 2 saturated heterocycles. The number of nitrogens with two attached hydrogens (primary N) is 3. The average molecular weight is 1030 g/mol. The Labute approximate surface area is 430 Å². The van der Waals surface area contributed by atoms with Gasteiger partial charge in [-0.15, -0.1) is 5.11 Å². The molecule has 1 aliphatic carbocycles. The van der Waals surface area contributed by atoms with Crippen molar-refractivity contribution in [3.63, 3.8) is 0 Å². The number of H-pyrrole nitrogens is 2. The number of hydrogen-bond acceptors (Lipinski definition) is 16. The quantitative estimate of drug-likeness (QED) is 0.0490. The van der Waals surface area contributed by atoms with E-state index < -0.39 is 63.5 Å². The van der Waals surface area contributed by atoms with Crippen LogP contribution in [0.15, 0.2) is 65.2 Å². The molecule has 10 rings (SSSR count). The number of likely N-dealkylation sites (N-methyl/N-ethyl adjacent to an activating group) is 1. The Morgan fingerprint density at radius 3 is 2.35 bits per heavy atom. The maximum absolute atomic E-state index is 15.2. The van der Waals surface area contributed by atoms with E-state index in [4.69, 9.17) is 20.9 Å². The van der Waals surface area contributed by atoms with E-state index in [1.807, 2.05) is 62.2 Å². The zero-order valence-corrected chi connectivity index (χ0v) is 43.6. The average Bonchev–Trinajstić information content (AvgIpc) is 4.18. The van der Waals surface area contributed by atoms with E-state index in [1.54, 1.807) is 28.1 Å². The number of piperidine rings is 1. The fourth-order valence-electron chi connectivity index (χ4n) is 13.9. The number of methoxy groups -OCH3 is 2. The fraction of sp³-hybridized carbons (Fsp3) is 0.558. The molecule has 22 nitrogen and oxygen atoms in total. The number of aliphatic hydroxyl groups excluding tert-OH is 1. The van der Waals surface area contributed by atoms with Crippen LogP contribution in [-0.2, 0) is 36.3 Å². The molecule has 4 aromatic rings.